The summed E-state index contributed by atoms with van der Waals surface area (Å²) in [6.45, 7) is 0.711. The largest absolute Gasteiger partial charge is 0.356 e. The molecule has 0 aliphatic rings. The van der Waals surface area contributed by atoms with Gasteiger partial charge in [-0.05, 0) is 12.1 Å². The van der Waals surface area contributed by atoms with Crippen LogP contribution in [0.1, 0.15) is 5.56 Å². The van der Waals surface area contributed by atoms with Crippen molar-refractivity contribution in [2.75, 3.05) is 13.2 Å². The van der Waals surface area contributed by atoms with E-state index in [4.69, 9.17) is 11.2 Å². The van der Waals surface area contributed by atoms with Crippen molar-refractivity contribution in [2.24, 2.45) is 0 Å². The quantitative estimate of drug-likeness (QED) is 0.485. The fraction of sp³-hybridized carbons (Fsp3) is 0.167. The minimum Gasteiger partial charge on any atom is -0.356 e. The van der Waals surface area contributed by atoms with Crippen LogP contribution in [0.4, 0.5) is 0 Å². The average molecular weight is 170 g/mol. The molecule has 0 atom stereocenters. The first-order valence-corrected chi connectivity index (χ1v) is 3.98. The number of ether oxygens (including phenoxy) is 1. The minimum atomic E-state index is 0.323. The van der Waals surface area contributed by atoms with Gasteiger partial charge in [0.2, 0.25) is 0 Å². The van der Waals surface area contributed by atoms with Crippen LogP contribution < -0.4 is 0 Å². The third-order valence-corrected chi connectivity index (χ3v) is 1.37. The molecule has 1 nitrogen and oxygen atoms in total. The summed E-state index contributed by atoms with van der Waals surface area (Å²) in [5, 5.41) is 0. The summed E-state index contributed by atoms with van der Waals surface area (Å²) in [6, 6.07) is 9.76. The van der Waals surface area contributed by atoms with E-state index in [-0.39, 0.29) is 0 Å². The van der Waals surface area contributed by atoms with Crippen molar-refractivity contribution in [1.29, 1.82) is 0 Å². The molecule has 64 valence electrons. The van der Waals surface area contributed by atoms with E-state index in [1.165, 1.54) is 0 Å². The van der Waals surface area contributed by atoms with Crippen molar-refractivity contribution in [2.45, 2.75) is 0 Å². The zero-order chi connectivity index (χ0) is 9.36. The molecule has 13 heavy (non-hydrogen) atoms. The second-order valence-electron chi connectivity index (χ2n) is 2.36. The van der Waals surface area contributed by atoms with Crippen molar-refractivity contribution in [3.05, 3.63) is 35.9 Å². The van der Waals surface area contributed by atoms with Gasteiger partial charge in [-0.15, -0.1) is 6.42 Å². The summed E-state index contributed by atoms with van der Waals surface area (Å²) in [5.41, 5.74) is 0.992. The Hall–Kier alpha value is -1.70. The molecular formula is C12H10O. The standard InChI is InChI=1S/C12H10O/c1-2-10-13-11-6-9-12-7-4-3-5-8-12/h1,3-5,7-8H,10-11H2. The third kappa shape index (κ3) is 4.01. The molecule has 0 amide bonds. The van der Waals surface area contributed by atoms with Crippen LogP contribution in [0.25, 0.3) is 0 Å². The zero-order valence-corrected chi connectivity index (χ0v) is 7.29. The second-order valence-corrected chi connectivity index (χ2v) is 2.36. The van der Waals surface area contributed by atoms with Gasteiger partial charge in [-0.2, -0.15) is 0 Å². The highest BCUT2D eigenvalue weighted by molar-refractivity contribution is 5.33. The maximum atomic E-state index is 5.00. The van der Waals surface area contributed by atoms with E-state index in [1.54, 1.807) is 0 Å². The van der Waals surface area contributed by atoms with Crippen LogP contribution in [0.2, 0.25) is 0 Å². The van der Waals surface area contributed by atoms with Crippen LogP contribution >= 0.6 is 0 Å². The van der Waals surface area contributed by atoms with Crippen LogP contribution in [0, 0.1) is 24.2 Å². The highest BCUT2D eigenvalue weighted by Crippen LogP contribution is 1.94. The van der Waals surface area contributed by atoms with E-state index in [0.717, 1.165) is 5.56 Å². The Morgan fingerprint density at radius 3 is 2.62 bits per heavy atom. The van der Waals surface area contributed by atoms with Crippen molar-refractivity contribution < 1.29 is 4.74 Å². The molecule has 0 saturated heterocycles. The van der Waals surface area contributed by atoms with Gasteiger partial charge in [0.05, 0.1) is 0 Å². The average Bonchev–Trinajstić information content (AvgIpc) is 2.19. The Labute approximate surface area is 78.7 Å². The van der Waals surface area contributed by atoms with Crippen molar-refractivity contribution in [3.8, 4) is 24.2 Å². The number of hydrogen-bond acceptors (Lipinski definition) is 1. The molecule has 0 N–H and O–H groups in total. The van der Waals surface area contributed by atoms with Crippen molar-refractivity contribution >= 4 is 0 Å². The van der Waals surface area contributed by atoms with Gasteiger partial charge in [-0.1, -0.05) is 36.0 Å². The molecule has 1 rings (SSSR count). The smallest absolute Gasteiger partial charge is 0.109 e. The maximum absolute atomic E-state index is 5.00. The summed E-state index contributed by atoms with van der Waals surface area (Å²) < 4.78 is 4.99. The van der Waals surface area contributed by atoms with Gasteiger partial charge < -0.3 is 4.74 Å². The fourth-order valence-corrected chi connectivity index (χ4v) is 0.821. The minimum absolute atomic E-state index is 0.323. The van der Waals surface area contributed by atoms with Crippen LogP contribution in [0.3, 0.4) is 0 Å². The molecular weight excluding hydrogens is 160 g/mol. The van der Waals surface area contributed by atoms with Crippen LogP contribution in [-0.2, 0) is 4.74 Å². The zero-order valence-electron chi connectivity index (χ0n) is 7.29. The van der Waals surface area contributed by atoms with Gasteiger partial charge in [0.25, 0.3) is 0 Å². The Balaban J connectivity index is 2.37. The van der Waals surface area contributed by atoms with E-state index in [1.807, 2.05) is 30.3 Å². The predicted molar refractivity (Wildman–Crippen MR) is 53.0 cm³/mol. The van der Waals surface area contributed by atoms with Gasteiger partial charge in [0, 0.05) is 5.56 Å². The van der Waals surface area contributed by atoms with E-state index in [9.17, 15) is 0 Å². The van der Waals surface area contributed by atoms with E-state index < -0.39 is 0 Å². The molecule has 1 aromatic carbocycles. The topological polar surface area (TPSA) is 9.23 Å². The maximum Gasteiger partial charge on any atom is 0.109 e. The summed E-state index contributed by atoms with van der Waals surface area (Å²) in [6.07, 6.45) is 5.00. The number of benzene rings is 1. The van der Waals surface area contributed by atoms with Crippen molar-refractivity contribution in [3.63, 3.8) is 0 Å². The normalized spacial score (nSPS) is 8.23. The first-order valence-electron chi connectivity index (χ1n) is 3.98. The lowest BCUT2D eigenvalue weighted by Crippen LogP contribution is -1.90. The molecule has 0 fully saturated rings. The lowest BCUT2D eigenvalue weighted by molar-refractivity contribution is 0.205. The van der Waals surface area contributed by atoms with Gasteiger partial charge in [-0.25, -0.2) is 0 Å². The Bertz CT molecular complexity index is 335. The molecule has 1 aromatic rings. The molecule has 0 bridgehead atoms. The van der Waals surface area contributed by atoms with E-state index in [0.29, 0.717) is 13.2 Å². The number of hydrogen-bond donors (Lipinski definition) is 0. The molecule has 0 unspecified atom stereocenters. The summed E-state index contributed by atoms with van der Waals surface area (Å²) in [7, 11) is 0. The Kier molecular flexibility index (Phi) is 4.25. The first kappa shape index (κ1) is 9.39. The molecule has 0 aromatic heterocycles. The molecule has 0 heterocycles. The summed E-state index contributed by atoms with van der Waals surface area (Å²) >= 11 is 0. The second kappa shape index (κ2) is 5.89. The molecule has 0 saturated carbocycles. The molecule has 0 radical (unpaired) electrons. The highest BCUT2D eigenvalue weighted by atomic mass is 16.5. The fourth-order valence-electron chi connectivity index (χ4n) is 0.821. The van der Waals surface area contributed by atoms with Gasteiger partial charge >= 0.3 is 0 Å². The Morgan fingerprint density at radius 2 is 1.92 bits per heavy atom. The molecule has 1 heteroatoms. The Morgan fingerprint density at radius 1 is 1.15 bits per heavy atom. The number of rotatable bonds is 2. The highest BCUT2D eigenvalue weighted by Gasteiger charge is 1.80. The molecule has 0 aliphatic heterocycles. The number of terminal acetylenes is 1. The predicted octanol–water partition coefficient (Wildman–Crippen LogP) is 1.69. The summed E-state index contributed by atoms with van der Waals surface area (Å²) in [4.78, 5) is 0. The van der Waals surface area contributed by atoms with Gasteiger partial charge in [0.15, 0.2) is 0 Å². The van der Waals surface area contributed by atoms with Gasteiger partial charge in [-0.3, -0.25) is 0 Å². The lowest BCUT2D eigenvalue weighted by atomic mass is 10.2. The van der Waals surface area contributed by atoms with Gasteiger partial charge in [0.1, 0.15) is 13.2 Å². The summed E-state index contributed by atoms with van der Waals surface area (Å²) in [5.74, 6) is 8.21. The first-order chi connectivity index (χ1) is 6.43. The monoisotopic (exact) mass is 170 g/mol. The molecule has 0 aliphatic carbocycles. The lowest BCUT2D eigenvalue weighted by Gasteiger charge is -1.89. The molecule has 0 spiro atoms. The van der Waals surface area contributed by atoms with Crippen LogP contribution in [0.15, 0.2) is 30.3 Å². The van der Waals surface area contributed by atoms with Crippen LogP contribution in [0.5, 0.6) is 0 Å². The van der Waals surface area contributed by atoms with Crippen LogP contribution in [-0.4, -0.2) is 13.2 Å². The SMILES string of the molecule is C#CCOCC#Cc1ccccc1. The van der Waals surface area contributed by atoms with E-state index in [2.05, 4.69) is 17.8 Å². The third-order valence-electron chi connectivity index (χ3n) is 1.37. The van der Waals surface area contributed by atoms with Crippen molar-refractivity contribution in [1.82, 2.24) is 0 Å². The van der Waals surface area contributed by atoms with E-state index >= 15 is 0 Å².